The van der Waals surface area contributed by atoms with Gasteiger partial charge in [0, 0.05) is 17.7 Å². The molecule has 24 heavy (non-hydrogen) atoms. The molecule has 0 spiro atoms. The lowest BCUT2D eigenvalue weighted by atomic mass is 10.0. The van der Waals surface area contributed by atoms with Crippen molar-refractivity contribution in [2.45, 2.75) is 25.9 Å². The van der Waals surface area contributed by atoms with Crippen molar-refractivity contribution in [1.29, 1.82) is 0 Å². The zero-order chi connectivity index (χ0) is 18.3. The topological polar surface area (TPSA) is 105 Å². The van der Waals surface area contributed by atoms with Gasteiger partial charge < -0.3 is 20.5 Å². The van der Waals surface area contributed by atoms with Crippen molar-refractivity contribution >= 4 is 29.4 Å². The lowest BCUT2D eigenvalue weighted by Gasteiger charge is -2.23. The van der Waals surface area contributed by atoms with Gasteiger partial charge in [0.05, 0.1) is 6.61 Å². The van der Waals surface area contributed by atoms with Gasteiger partial charge in [-0.3, -0.25) is 9.59 Å². The molecule has 2 amide bonds. The molecule has 0 saturated heterocycles. The Hall–Kier alpha value is -2.12. The Morgan fingerprint density at radius 1 is 1.17 bits per heavy atom. The number of amides is 2. The molecule has 1 rings (SSSR count). The Labute approximate surface area is 145 Å². The van der Waals surface area contributed by atoms with E-state index in [1.54, 1.807) is 26.0 Å². The third-order valence-corrected chi connectivity index (χ3v) is 3.54. The minimum absolute atomic E-state index is 0.170. The summed E-state index contributed by atoms with van der Waals surface area (Å²) >= 11 is 5.78. The number of nitrogens with one attached hydrogen (secondary N) is 2. The van der Waals surface area contributed by atoms with Crippen LogP contribution < -0.4 is 10.6 Å². The van der Waals surface area contributed by atoms with Gasteiger partial charge >= 0.3 is 5.97 Å². The molecule has 0 heterocycles. The van der Waals surface area contributed by atoms with Crippen LogP contribution in [0.5, 0.6) is 0 Å². The Bertz CT molecular complexity index is 589. The molecular formula is C16H21ClN2O5. The molecule has 3 N–H and O–H groups in total. The van der Waals surface area contributed by atoms with Gasteiger partial charge in [0.25, 0.3) is 5.91 Å². The van der Waals surface area contributed by atoms with Crippen molar-refractivity contribution in [2.24, 2.45) is 5.92 Å². The highest BCUT2D eigenvalue weighted by molar-refractivity contribution is 6.30. The summed E-state index contributed by atoms with van der Waals surface area (Å²) in [5.74, 6) is -2.48. The second kappa shape index (κ2) is 9.24. The van der Waals surface area contributed by atoms with Crippen LogP contribution in [0, 0.1) is 5.92 Å². The molecule has 8 heteroatoms. The molecule has 0 fully saturated rings. The summed E-state index contributed by atoms with van der Waals surface area (Å²) in [4.78, 5) is 35.7. The van der Waals surface area contributed by atoms with E-state index in [-0.39, 0.29) is 12.5 Å². The van der Waals surface area contributed by atoms with Crippen molar-refractivity contribution in [2.75, 3.05) is 13.7 Å². The normalized spacial score (nSPS) is 13.2. The fourth-order valence-corrected chi connectivity index (χ4v) is 2.09. The van der Waals surface area contributed by atoms with E-state index in [0.29, 0.717) is 10.6 Å². The largest absolute Gasteiger partial charge is 0.480 e. The fraction of sp³-hybridized carbons (Fsp3) is 0.438. The number of carboxylic acids is 1. The zero-order valence-corrected chi connectivity index (χ0v) is 14.5. The number of rotatable bonds is 8. The highest BCUT2D eigenvalue weighted by Gasteiger charge is 2.28. The second-order valence-corrected chi connectivity index (χ2v) is 5.99. The number of aliphatic carboxylic acids is 1. The van der Waals surface area contributed by atoms with Crippen LogP contribution in [0.15, 0.2) is 24.3 Å². The van der Waals surface area contributed by atoms with Crippen LogP contribution in [-0.2, 0) is 14.3 Å². The average molecular weight is 357 g/mol. The molecule has 0 aliphatic rings. The van der Waals surface area contributed by atoms with Crippen LogP contribution >= 0.6 is 11.6 Å². The molecular weight excluding hydrogens is 336 g/mol. The molecule has 0 bridgehead atoms. The molecule has 132 valence electrons. The van der Waals surface area contributed by atoms with Crippen LogP contribution in [0.2, 0.25) is 5.02 Å². The van der Waals surface area contributed by atoms with Crippen LogP contribution in [0.4, 0.5) is 0 Å². The summed E-state index contributed by atoms with van der Waals surface area (Å²) in [6, 6.07) is 4.15. The van der Waals surface area contributed by atoms with Crippen molar-refractivity contribution in [1.82, 2.24) is 10.6 Å². The Morgan fingerprint density at radius 3 is 2.21 bits per heavy atom. The molecule has 0 aliphatic heterocycles. The number of hydrogen-bond donors (Lipinski definition) is 3. The second-order valence-electron chi connectivity index (χ2n) is 5.56. The first-order valence-electron chi connectivity index (χ1n) is 7.34. The van der Waals surface area contributed by atoms with Crippen LogP contribution in [-0.4, -0.2) is 48.7 Å². The van der Waals surface area contributed by atoms with E-state index in [9.17, 15) is 14.4 Å². The first-order chi connectivity index (χ1) is 11.3. The van der Waals surface area contributed by atoms with E-state index >= 15 is 0 Å². The van der Waals surface area contributed by atoms with Crippen LogP contribution in [0.3, 0.4) is 0 Å². The summed E-state index contributed by atoms with van der Waals surface area (Å²) in [5, 5.41) is 14.5. The maximum Gasteiger partial charge on any atom is 0.328 e. The number of carbonyl (C=O) groups excluding carboxylic acids is 2. The number of carboxylic acid groups (broad SMARTS) is 1. The first kappa shape index (κ1) is 19.9. The van der Waals surface area contributed by atoms with Gasteiger partial charge in [-0.15, -0.1) is 0 Å². The van der Waals surface area contributed by atoms with E-state index in [2.05, 4.69) is 10.6 Å². The number of methoxy groups -OCH3 is 1. The lowest BCUT2D eigenvalue weighted by molar-refractivity contribution is -0.143. The van der Waals surface area contributed by atoms with Crippen molar-refractivity contribution < 1.29 is 24.2 Å². The van der Waals surface area contributed by atoms with Gasteiger partial charge in [-0.2, -0.15) is 0 Å². The van der Waals surface area contributed by atoms with Gasteiger partial charge in [0.15, 0.2) is 6.04 Å². The number of ether oxygens (including phenoxy) is 1. The monoisotopic (exact) mass is 356 g/mol. The van der Waals surface area contributed by atoms with E-state index in [4.69, 9.17) is 21.4 Å². The molecule has 1 aromatic rings. The lowest BCUT2D eigenvalue weighted by Crippen LogP contribution is -2.54. The van der Waals surface area contributed by atoms with E-state index in [1.165, 1.54) is 19.2 Å². The van der Waals surface area contributed by atoms with Gasteiger partial charge in [-0.25, -0.2) is 4.79 Å². The molecule has 0 aromatic heterocycles. The van der Waals surface area contributed by atoms with Crippen molar-refractivity contribution in [3.8, 4) is 0 Å². The quantitative estimate of drug-likeness (QED) is 0.651. The van der Waals surface area contributed by atoms with Gasteiger partial charge in [0.1, 0.15) is 6.04 Å². The fourth-order valence-electron chi connectivity index (χ4n) is 1.96. The Kier molecular flexibility index (Phi) is 7.67. The number of halogens is 1. The first-order valence-corrected chi connectivity index (χ1v) is 7.72. The van der Waals surface area contributed by atoms with Crippen molar-refractivity contribution in [3.05, 3.63) is 34.9 Å². The molecule has 1 aromatic carbocycles. The SMILES string of the molecule is COCC(NC(=O)C(NC(=O)c1ccc(Cl)cc1)C(C)C)C(=O)O. The number of hydrogen-bond acceptors (Lipinski definition) is 4. The predicted molar refractivity (Wildman–Crippen MR) is 89.0 cm³/mol. The summed E-state index contributed by atoms with van der Waals surface area (Å²) in [5.41, 5.74) is 0.351. The predicted octanol–water partition coefficient (Wildman–Crippen LogP) is 1.31. The molecule has 7 nitrogen and oxygen atoms in total. The summed E-state index contributed by atoms with van der Waals surface area (Å²) in [7, 11) is 1.34. The maximum absolute atomic E-state index is 12.3. The van der Waals surface area contributed by atoms with E-state index in [1.807, 2.05) is 0 Å². The summed E-state index contributed by atoms with van der Waals surface area (Å²) in [6.07, 6.45) is 0. The third kappa shape index (κ3) is 5.82. The smallest absolute Gasteiger partial charge is 0.328 e. The van der Waals surface area contributed by atoms with Crippen LogP contribution in [0.25, 0.3) is 0 Å². The zero-order valence-electron chi connectivity index (χ0n) is 13.7. The Morgan fingerprint density at radius 2 is 1.75 bits per heavy atom. The summed E-state index contributed by atoms with van der Waals surface area (Å²) in [6.45, 7) is 3.33. The molecule has 2 unspecified atom stereocenters. The highest BCUT2D eigenvalue weighted by atomic mass is 35.5. The van der Waals surface area contributed by atoms with Gasteiger partial charge in [-0.1, -0.05) is 25.4 Å². The van der Waals surface area contributed by atoms with Crippen molar-refractivity contribution in [3.63, 3.8) is 0 Å². The number of carbonyl (C=O) groups is 3. The maximum atomic E-state index is 12.3. The standard InChI is InChI=1S/C16H21ClN2O5/c1-9(2)13(15(21)18-12(8-24-3)16(22)23)19-14(20)10-4-6-11(17)7-5-10/h4-7,9,12-13H,8H2,1-3H3,(H,18,21)(H,19,20)(H,22,23). The van der Waals surface area contributed by atoms with E-state index in [0.717, 1.165) is 0 Å². The highest BCUT2D eigenvalue weighted by Crippen LogP contribution is 2.11. The number of benzene rings is 1. The average Bonchev–Trinajstić information content (AvgIpc) is 2.52. The summed E-state index contributed by atoms with van der Waals surface area (Å²) < 4.78 is 4.77. The molecule has 0 radical (unpaired) electrons. The third-order valence-electron chi connectivity index (χ3n) is 3.29. The molecule has 0 saturated carbocycles. The van der Waals surface area contributed by atoms with Crippen LogP contribution in [0.1, 0.15) is 24.2 Å². The minimum atomic E-state index is -1.21. The van der Waals surface area contributed by atoms with Gasteiger partial charge in [-0.05, 0) is 30.2 Å². The molecule has 2 atom stereocenters. The minimum Gasteiger partial charge on any atom is -0.480 e. The van der Waals surface area contributed by atoms with E-state index < -0.39 is 29.9 Å². The Balaban J connectivity index is 2.82. The van der Waals surface area contributed by atoms with Gasteiger partial charge in [0.2, 0.25) is 5.91 Å². The molecule has 0 aliphatic carbocycles.